The summed E-state index contributed by atoms with van der Waals surface area (Å²) in [7, 11) is -2.23. The highest BCUT2D eigenvalue weighted by Crippen LogP contribution is 2.81. The van der Waals surface area contributed by atoms with Gasteiger partial charge in [-0.05, 0) is 138 Å². The summed E-state index contributed by atoms with van der Waals surface area (Å²) in [5, 5.41) is 7.07. The summed E-state index contributed by atoms with van der Waals surface area (Å²) in [4.78, 5) is 10.1. The van der Waals surface area contributed by atoms with Crippen LogP contribution in [-0.2, 0) is 0 Å². The number of furan rings is 2. The fourth-order valence-corrected chi connectivity index (χ4v) is 18.9. The first-order valence-electron chi connectivity index (χ1n) is 29.4. The molecule has 0 atom stereocenters. The highest BCUT2D eigenvalue weighted by Gasteiger charge is 2.44. The second-order valence-corrected chi connectivity index (χ2v) is 25.8. The lowest BCUT2D eigenvalue weighted by Crippen LogP contribution is -2.12. The Balaban J connectivity index is 0.959. The van der Waals surface area contributed by atoms with Crippen LogP contribution in [0.5, 0.6) is 0 Å². The van der Waals surface area contributed by atoms with Crippen molar-refractivity contribution in [3.05, 3.63) is 254 Å². The molecule has 394 valence electrons. The van der Waals surface area contributed by atoms with Gasteiger partial charge < -0.3 is 18.6 Å². The number of hydrogen-bond acceptors (Lipinski definition) is 4. The monoisotopic (exact) mass is 1070 g/mol. The minimum Gasteiger partial charge on any atom is -0.454 e. The first kappa shape index (κ1) is 48.2. The average molecular weight is 1070 g/mol. The summed E-state index contributed by atoms with van der Waals surface area (Å²) >= 11 is 0. The topological polar surface area (TPSA) is 32.8 Å². The Labute approximate surface area is 475 Å². The minimum absolute atomic E-state index is 0.504. The Morgan fingerprint density at radius 2 is 0.741 bits per heavy atom. The summed E-state index contributed by atoms with van der Waals surface area (Å²) in [5.41, 5.74) is 15.5. The zero-order chi connectivity index (χ0) is 53.4. The molecular weight excluding hydrogens is 1000 g/mol. The molecule has 2 fully saturated rings. The van der Waals surface area contributed by atoms with Crippen LogP contribution in [0.2, 0.25) is 0 Å². The quantitative estimate of drug-likeness (QED) is 0.137. The van der Waals surface area contributed by atoms with Gasteiger partial charge in [0.2, 0.25) is 0 Å². The molecule has 0 radical (unpaired) electrons. The predicted octanol–water partition coefficient (Wildman–Crippen LogP) is 23.0. The second kappa shape index (κ2) is 19.8. The maximum Gasteiger partial charge on any atom is 0.159 e. The molecule has 2 saturated carbocycles. The highest BCUT2D eigenvalue weighted by atomic mass is 32.3. The normalized spacial score (nSPS) is 15.8. The van der Waals surface area contributed by atoms with Crippen molar-refractivity contribution in [3.8, 4) is 11.1 Å². The molecule has 4 nitrogen and oxygen atoms in total. The van der Waals surface area contributed by atoms with Gasteiger partial charge >= 0.3 is 0 Å². The zero-order valence-corrected chi connectivity index (χ0v) is 46.3. The molecule has 1 aliphatic heterocycles. The number of anilines is 6. The second-order valence-electron chi connectivity index (χ2n) is 22.7. The fraction of sp³-hybridized carbons (Fsp3) is 0.158. The third kappa shape index (κ3) is 7.65. The van der Waals surface area contributed by atoms with Crippen molar-refractivity contribution < 1.29 is 8.83 Å². The Morgan fingerprint density at radius 3 is 1.27 bits per heavy atom. The van der Waals surface area contributed by atoms with Gasteiger partial charge in [-0.25, -0.2) is 0 Å². The van der Waals surface area contributed by atoms with Crippen LogP contribution in [0, 0.1) is 0 Å². The van der Waals surface area contributed by atoms with Crippen molar-refractivity contribution in [1.29, 1.82) is 0 Å². The molecular formula is C76H62N2O2S. The molecule has 0 unspecified atom stereocenters. The van der Waals surface area contributed by atoms with E-state index >= 15 is 0 Å². The Morgan fingerprint density at radius 1 is 0.309 bits per heavy atom. The van der Waals surface area contributed by atoms with Gasteiger partial charge in [0.1, 0.15) is 11.2 Å². The van der Waals surface area contributed by atoms with Crippen LogP contribution in [0.3, 0.4) is 0 Å². The lowest BCUT2D eigenvalue weighted by molar-refractivity contribution is 0.442. The van der Waals surface area contributed by atoms with Gasteiger partial charge in [0, 0.05) is 69.1 Å². The molecule has 0 N–H and O–H groups in total. The van der Waals surface area contributed by atoms with Crippen LogP contribution in [0.15, 0.2) is 271 Å². The number of fused-ring (bicyclic) bond motifs is 11. The molecule has 2 aromatic heterocycles. The fourth-order valence-electron chi connectivity index (χ4n) is 14.6. The number of hydrogen-bond donors (Lipinski definition) is 0. The smallest absolute Gasteiger partial charge is 0.159 e. The molecule has 2 aliphatic carbocycles. The molecule has 0 amide bonds. The van der Waals surface area contributed by atoms with Crippen LogP contribution < -0.4 is 9.80 Å². The Hall–Kier alpha value is -8.77. The summed E-state index contributed by atoms with van der Waals surface area (Å²) in [6, 6.07) is 90.8. The van der Waals surface area contributed by atoms with Crippen molar-refractivity contribution in [2.24, 2.45) is 0 Å². The van der Waals surface area contributed by atoms with E-state index < -0.39 is 10.0 Å². The molecule has 0 spiro atoms. The van der Waals surface area contributed by atoms with Gasteiger partial charge in [-0.15, -0.1) is 10.0 Å². The van der Waals surface area contributed by atoms with Crippen LogP contribution in [0.25, 0.3) is 65.8 Å². The molecule has 0 bridgehead atoms. The molecule has 11 aromatic carbocycles. The molecule has 13 aromatic rings. The number of rotatable bonds is 10. The van der Waals surface area contributed by atoms with Gasteiger partial charge in [0.05, 0.1) is 17.1 Å². The molecule has 3 aliphatic rings. The van der Waals surface area contributed by atoms with E-state index in [0.29, 0.717) is 11.8 Å². The van der Waals surface area contributed by atoms with Gasteiger partial charge in [0.15, 0.2) is 11.2 Å². The SMILES string of the molecule is c1ccc(N(c2ccc3c(c2)S(c2ccccc2)(c2ccccc2)c2cc(N(c4ccccc4)c4cccc5c4oc4c(C6CCCCC6)cccc45)c4ccccc4c2-3)c2cccc3c2oc2c(C4CCCCC4)cccc23)cc1. The maximum absolute atomic E-state index is 7.36. The van der Waals surface area contributed by atoms with Crippen molar-refractivity contribution >= 4 is 98.8 Å². The van der Waals surface area contributed by atoms with Gasteiger partial charge in [-0.2, -0.15) is 0 Å². The van der Waals surface area contributed by atoms with E-state index in [2.05, 4.69) is 252 Å². The van der Waals surface area contributed by atoms with Gasteiger partial charge in [-0.3, -0.25) is 0 Å². The predicted molar refractivity (Wildman–Crippen MR) is 338 cm³/mol. The molecule has 5 heteroatoms. The maximum atomic E-state index is 7.36. The number of benzene rings is 11. The van der Waals surface area contributed by atoms with Crippen LogP contribution >= 0.6 is 10.0 Å². The number of nitrogens with zero attached hydrogens (tertiary/aromatic N) is 2. The number of para-hydroxylation sites is 6. The third-order valence-electron chi connectivity index (χ3n) is 18.2. The van der Waals surface area contributed by atoms with Crippen LogP contribution in [0.1, 0.15) is 87.2 Å². The van der Waals surface area contributed by atoms with E-state index in [1.165, 1.54) is 128 Å². The highest BCUT2D eigenvalue weighted by molar-refractivity contribution is 8.34. The third-order valence-corrected chi connectivity index (χ3v) is 22.2. The van der Waals surface area contributed by atoms with Gasteiger partial charge in [-0.1, -0.05) is 202 Å². The average Bonchev–Trinajstić information content (AvgIpc) is 2.59. The van der Waals surface area contributed by atoms with Crippen molar-refractivity contribution in [1.82, 2.24) is 0 Å². The van der Waals surface area contributed by atoms with E-state index in [1.807, 2.05) is 0 Å². The van der Waals surface area contributed by atoms with Crippen LogP contribution in [-0.4, -0.2) is 0 Å². The largest absolute Gasteiger partial charge is 0.454 e. The lowest BCUT2D eigenvalue weighted by atomic mass is 9.83. The lowest BCUT2D eigenvalue weighted by Gasteiger charge is -2.40. The van der Waals surface area contributed by atoms with Crippen molar-refractivity contribution in [2.45, 2.75) is 95.6 Å². The zero-order valence-electron chi connectivity index (χ0n) is 45.4. The first-order valence-corrected chi connectivity index (χ1v) is 31.1. The van der Waals surface area contributed by atoms with Crippen LogP contribution in [0.4, 0.5) is 34.1 Å². The summed E-state index contributed by atoms with van der Waals surface area (Å²) in [6.45, 7) is 0. The molecule has 0 saturated heterocycles. The molecule has 16 rings (SSSR count). The summed E-state index contributed by atoms with van der Waals surface area (Å²) < 4.78 is 14.7. The van der Waals surface area contributed by atoms with E-state index in [-0.39, 0.29) is 0 Å². The summed E-state index contributed by atoms with van der Waals surface area (Å²) in [6.07, 6.45) is 12.6. The van der Waals surface area contributed by atoms with Gasteiger partial charge in [0.25, 0.3) is 0 Å². The van der Waals surface area contributed by atoms with E-state index in [1.54, 1.807) is 0 Å². The molecule has 3 heterocycles. The van der Waals surface area contributed by atoms with E-state index in [9.17, 15) is 0 Å². The standard InChI is InChI=1S/C76H62N2O2S/c1-7-25-51(26-8-1)58-39-21-41-62-64-43-23-45-67(75(64)79-73(58)62)77(53-29-11-3-12-30-53)55-47-48-66-70(49-55)81(56-33-15-5-16-34-56,57-35-17-6-18-36-57)71-50-69(60-37-19-20-38-61(60)72(66)71)78(54-31-13-4-14-32-54)68-46-24-44-65-63-42-22-40-59(74(63)80-76(65)68)52-27-9-2-10-28-52/h3-6,11-24,29-52H,1-2,7-10,25-28H2. The van der Waals surface area contributed by atoms with E-state index in [4.69, 9.17) is 8.83 Å². The minimum atomic E-state index is -2.23. The molecule has 81 heavy (non-hydrogen) atoms. The Bertz CT molecular complexity index is 4460. The van der Waals surface area contributed by atoms with Crippen molar-refractivity contribution in [2.75, 3.05) is 9.80 Å². The van der Waals surface area contributed by atoms with Crippen molar-refractivity contribution in [3.63, 3.8) is 0 Å². The first-order chi connectivity index (χ1) is 40.2. The Kier molecular flexibility index (Phi) is 11.8. The van der Waals surface area contributed by atoms with E-state index in [0.717, 1.165) is 67.2 Å². The summed E-state index contributed by atoms with van der Waals surface area (Å²) in [5.74, 6) is 1.01.